The van der Waals surface area contributed by atoms with E-state index in [1.54, 1.807) is 35.2 Å². The minimum Gasteiger partial charge on any atom is -0.265 e. The van der Waals surface area contributed by atoms with Crippen LogP contribution in [-0.4, -0.2) is 19.6 Å². The first-order valence-electron chi connectivity index (χ1n) is 5.04. The van der Waals surface area contributed by atoms with E-state index in [1.807, 2.05) is 12.1 Å². The van der Waals surface area contributed by atoms with Crippen molar-refractivity contribution in [1.29, 1.82) is 5.26 Å². The summed E-state index contributed by atoms with van der Waals surface area (Å²) in [5.74, 6) is 0.593. The third-order valence-corrected chi connectivity index (χ3v) is 2.42. The summed E-state index contributed by atoms with van der Waals surface area (Å²) in [4.78, 5) is 8.30. The second-order valence-electron chi connectivity index (χ2n) is 3.47. The molecular weight excluding hydrogens is 214 g/mol. The van der Waals surface area contributed by atoms with Gasteiger partial charge in [-0.1, -0.05) is 0 Å². The SMILES string of the molecule is N#Cc1cccn2nc(-c3ccncc3)nc12. The third kappa shape index (κ3) is 1.52. The van der Waals surface area contributed by atoms with Gasteiger partial charge in [-0.2, -0.15) is 5.26 Å². The highest BCUT2D eigenvalue weighted by Crippen LogP contribution is 2.16. The van der Waals surface area contributed by atoms with E-state index in [-0.39, 0.29) is 0 Å². The Labute approximate surface area is 97.0 Å². The van der Waals surface area contributed by atoms with Gasteiger partial charge in [0.15, 0.2) is 11.5 Å². The number of pyridine rings is 2. The van der Waals surface area contributed by atoms with Gasteiger partial charge in [-0.05, 0) is 24.3 Å². The van der Waals surface area contributed by atoms with Crippen LogP contribution in [0.1, 0.15) is 5.56 Å². The van der Waals surface area contributed by atoms with E-state index >= 15 is 0 Å². The lowest BCUT2D eigenvalue weighted by Gasteiger charge is -1.90. The quantitative estimate of drug-likeness (QED) is 0.626. The zero-order valence-electron chi connectivity index (χ0n) is 8.78. The predicted octanol–water partition coefficient (Wildman–Crippen LogP) is 1.66. The summed E-state index contributed by atoms with van der Waals surface area (Å²) in [5.41, 5.74) is 1.97. The van der Waals surface area contributed by atoms with Crippen LogP contribution in [0.15, 0.2) is 42.9 Å². The zero-order valence-corrected chi connectivity index (χ0v) is 8.78. The fraction of sp³-hybridized carbons (Fsp3) is 0. The van der Waals surface area contributed by atoms with Crippen LogP contribution in [-0.2, 0) is 0 Å². The third-order valence-electron chi connectivity index (χ3n) is 2.42. The van der Waals surface area contributed by atoms with Crippen molar-refractivity contribution in [2.75, 3.05) is 0 Å². The van der Waals surface area contributed by atoms with Crippen LogP contribution >= 0.6 is 0 Å². The van der Waals surface area contributed by atoms with Crippen molar-refractivity contribution in [3.63, 3.8) is 0 Å². The summed E-state index contributed by atoms with van der Waals surface area (Å²) in [6.07, 6.45) is 5.15. The largest absolute Gasteiger partial charge is 0.265 e. The van der Waals surface area contributed by atoms with Gasteiger partial charge in [-0.3, -0.25) is 4.98 Å². The topological polar surface area (TPSA) is 66.9 Å². The zero-order chi connectivity index (χ0) is 11.7. The normalized spacial score (nSPS) is 10.3. The number of aromatic nitrogens is 4. The molecule has 0 saturated carbocycles. The Hall–Kier alpha value is -2.74. The van der Waals surface area contributed by atoms with E-state index in [0.29, 0.717) is 17.0 Å². The van der Waals surface area contributed by atoms with Crippen molar-refractivity contribution < 1.29 is 0 Å². The second-order valence-corrected chi connectivity index (χ2v) is 3.47. The van der Waals surface area contributed by atoms with Crippen LogP contribution < -0.4 is 0 Å². The number of hydrogen-bond acceptors (Lipinski definition) is 4. The summed E-state index contributed by atoms with van der Waals surface area (Å²) in [5, 5.41) is 13.3. The van der Waals surface area contributed by atoms with Gasteiger partial charge in [0, 0.05) is 24.2 Å². The maximum absolute atomic E-state index is 8.97. The van der Waals surface area contributed by atoms with Crippen molar-refractivity contribution in [2.45, 2.75) is 0 Å². The van der Waals surface area contributed by atoms with Gasteiger partial charge in [0.25, 0.3) is 0 Å². The molecular formula is C12H7N5. The molecule has 0 aromatic carbocycles. The van der Waals surface area contributed by atoms with Gasteiger partial charge in [0.05, 0.1) is 5.56 Å². The highest BCUT2D eigenvalue weighted by Gasteiger charge is 2.08. The molecule has 0 fully saturated rings. The van der Waals surface area contributed by atoms with Gasteiger partial charge in [-0.25, -0.2) is 9.50 Å². The van der Waals surface area contributed by atoms with E-state index in [9.17, 15) is 0 Å². The highest BCUT2D eigenvalue weighted by molar-refractivity contribution is 5.61. The molecule has 0 amide bonds. The average molecular weight is 221 g/mol. The Balaban J connectivity index is 2.25. The Morgan fingerprint density at radius 3 is 2.76 bits per heavy atom. The summed E-state index contributed by atoms with van der Waals surface area (Å²) in [7, 11) is 0. The summed E-state index contributed by atoms with van der Waals surface area (Å²) < 4.78 is 1.61. The molecule has 3 heterocycles. The molecule has 0 atom stereocenters. The first-order chi connectivity index (χ1) is 8.38. The maximum atomic E-state index is 8.97. The Bertz CT molecular complexity index is 709. The molecule has 3 aromatic rings. The minimum absolute atomic E-state index is 0.514. The van der Waals surface area contributed by atoms with E-state index in [0.717, 1.165) is 5.56 Å². The van der Waals surface area contributed by atoms with Gasteiger partial charge in [-0.15, -0.1) is 5.10 Å². The van der Waals surface area contributed by atoms with Crippen LogP contribution in [0.5, 0.6) is 0 Å². The van der Waals surface area contributed by atoms with Crippen LogP contribution in [0.4, 0.5) is 0 Å². The molecule has 0 aliphatic carbocycles. The molecule has 0 aliphatic rings. The van der Waals surface area contributed by atoms with Crippen LogP contribution in [0.25, 0.3) is 17.0 Å². The molecule has 0 radical (unpaired) electrons. The molecule has 0 N–H and O–H groups in total. The molecule has 80 valence electrons. The first kappa shape index (κ1) is 9.48. The molecule has 0 saturated heterocycles. The Morgan fingerprint density at radius 2 is 2.00 bits per heavy atom. The lowest BCUT2D eigenvalue weighted by atomic mass is 10.2. The van der Waals surface area contributed by atoms with E-state index in [2.05, 4.69) is 21.1 Å². The van der Waals surface area contributed by atoms with Crippen molar-refractivity contribution in [2.24, 2.45) is 0 Å². The standard InChI is InChI=1S/C12H7N5/c13-8-10-2-1-7-17-12(10)15-11(16-17)9-3-5-14-6-4-9/h1-7H. The summed E-state index contributed by atoms with van der Waals surface area (Å²) >= 11 is 0. The summed E-state index contributed by atoms with van der Waals surface area (Å²) in [6, 6.07) is 9.26. The first-order valence-corrected chi connectivity index (χ1v) is 5.04. The molecule has 3 aromatic heterocycles. The minimum atomic E-state index is 0.514. The van der Waals surface area contributed by atoms with Crippen molar-refractivity contribution in [3.05, 3.63) is 48.4 Å². The van der Waals surface area contributed by atoms with Gasteiger partial charge < -0.3 is 0 Å². The van der Waals surface area contributed by atoms with Crippen LogP contribution in [0.2, 0.25) is 0 Å². The van der Waals surface area contributed by atoms with Gasteiger partial charge in [0.1, 0.15) is 6.07 Å². The van der Waals surface area contributed by atoms with Crippen LogP contribution in [0, 0.1) is 11.3 Å². The molecule has 5 heteroatoms. The number of hydrogen-bond donors (Lipinski definition) is 0. The fourth-order valence-electron chi connectivity index (χ4n) is 1.62. The van der Waals surface area contributed by atoms with Crippen molar-refractivity contribution in [3.8, 4) is 17.5 Å². The Kier molecular flexibility index (Phi) is 2.06. The maximum Gasteiger partial charge on any atom is 0.182 e. The molecule has 0 aliphatic heterocycles. The molecule has 0 spiro atoms. The number of nitriles is 1. The van der Waals surface area contributed by atoms with Gasteiger partial charge >= 0.3 is 0 Å². The van der Waals surface area contributed by atoms with E-state index < -0.39 is 0 Å². The summed E-state index contributed by atoms with van der Waals surface area (Å²) in [6.45, 7) is 0. The predicted molar refractivity (Wildman–Crippen MR) is 60.9 cm³/mol. The lowest BCUT2D eigenvalue weighted by Crippen LogP contribution is -1.88. The number of rotatable bonds is 1. The average Bonchev–Trinajstić information content (AvgIpc) is 2.83. The second kappa shape index (κ2) is 3.68. The number of fused-ring (bicyclic) bond motifs is 1. The van der Waals surface area contributed by atoms with Crippen molar-refractivity contribution >= 4 is 5.65 Å². The molecule has 0 bridgehead atoms. The lowest BCUT2D eigenvalue weighted by molar-refractivity contribution is 0.963. The molecule has 3 rings (SSSR count). The molecule has 5 nitrogen and oxygen atoms in total. The van der Waals surface area contributed by atoms with Crippen molar-refractivity contribution in [1.82, 2.24) is 19.6 Å². The highest BCUT2D eigenvalue weighted by atomic mass is 15.3. The number of nitrogens with zero attached hydrogens (tertiary/aromatic N) is 5. The monoisotopic (exact) mass is 221 g/mol. The fourth-order valence-corrected chi connectivity index (χ4v) is 1.62. The van der Waals surface area contributed by atoms with E-state index in [1.165, 1.54) is 0 Å². The van der Waals surface area contributed by atoms with E-state index in [4.69, 9.17) is 5.26 Å². The van der Waals surface area contributed by atoms with Gasteiger partial charge in [0.2, 0.25) is 0 Å². The molecule has 17 heavy (non-hydrogen) atoms. The molecule has 0 unspecified atom stereocenters. The smallest absolute Gasteiger partial charge is 0.182 e. The van der Waals surface area contributed by atoms with Crippen LogP contribution in [0.3, 0.4) is 0 Å². The Morgan fingerprint density at radius 1 is 1.18 bits per heavy atom.